The van der Waals surface area contributed by atoms with Gasteiger partial charge in [-0.3, -0.25) is 14.4 Å². The molecule has 3 rings (SSSR count). The molecule has 0 aliphatic carbocycles. The van der Waals surface area contributed by atoms with Gasteiger partial charge in [0, 0.05) is 18.9 Å². The quantitative estimate of drug-likeness (QED) is 0.217. The van der Waals surface area contributed by atoms with Gasteiger partial charge in [0.05, 0.1) is 11.7 Å². The van der Waals surface area contributed by atoms with Gasteiger partial charge in [-0.05, 0) is 51.7 Å². The average Bonchev–Trinajstić information content (AvgIpc) is 3.37. The number of nitrogens with one attached hydrogen (secondary N) is 4. The Bertz CT molecular complexity index is 1280. The van der Waals surface area contributed by atoms with Crippen LogP contribution in [-0.4, -0.2) is 71.3 Å². The molecule has 1 saturated heterocycles. The van der Waals surface area contributed by atoms with Crippen molar-refractivity contribution in [3.63, 3.8) is 0 Å². The summed E-state index contributed by atoms with van der Waals surface area (Å²) in [5, 5.41) is 20.2. The molecule has 5 N–H and O–H groups in total. The van der Waals surface area contributed by atoms with Crippen molar-refractivity contribution in [2.45, 2.75) is 83.4 Å². The SMILES string of the molecule is C[C@@H](OC(C)(C)C)[C@H](NC(=O)OCc1ccccc1)C(=O)N[C@@H](Cc1ccccc1)C(=O)N[C@@H](C[C@@H]1CCNC1=O)C(=O)O. The summed E-state index contributed by atoms with van der Waals surface area (Å²) in [5.41, 5.74) is 0.793. The lowest BCUT2D eigenvalue weighted by atomic mass is 9.97. The predicted molar refractivity (Wildman–Crippen MR) is 161 cm³/mol. The largest absolute Gasteiger partial charge is 0.480 e. The first kappa shape index (κ1) is 34.0. The zero-order valence-electron chi connectivity index (χ0n) is 25.5. The van der Waals surface area contributed by atoms with Crippen LogP contribution in [0.4, 0.5) is 4.79 Å². The first-order chi connectivity index (χ1) is 20.8. The molecule has 1 aliphatic rings. The minimum absolute atomic E-state index is 0.0237. The Balaban J connectivity index is 1.79. The van der Waals surface area contributed by atoms with Crippen molar-refractivity contribution in [3.05, 3.63) is 71.8 Å². The molecule has 238 valence electrons. The number of hydrogen-bond acceptors (Lipinski definition) is 7. The van der Waals surface area contributed by atoms with Gasteiger partial charge in [-0.1, -0.05) is 60.7 Å². The van der Waals surface area contributed by atoms with Crippen LogP contribution in [-0.2, 0) is 41.7 Å². The summed E-state index contributed by atoms with van der Waals surface area (Å²) in [6.45, 7) is 7.43. The van der Waals surface area contributed by atoms with Crippen molar-refractivity contribution in [1.82, 2.24) is 21.3 Å². The summed E-state index contributed by atoms with van der Waals surface area (Å²) >= 11 is 0. The Morgan fingerprint density at radius 3 is 2.05 bits per heavy atom. The summed E-state index contributed by atoms with van der Waals surface area (Å²) < 4.78 is 11.3. The lowest BCUT2D eigenvalue weighted by Gasteiger charge is -2.31. The van der Waals surface area contributed by atoms with Crippen molar-refractivity contribution in [1.29, 1.82) is 0 Å². The number of amides is 4. The van der Waals surface area contributed by atoms with Crippen molar-refractivity contribution in [2.24, 2.45) is 5.92 Å². The van der Waals surface area contributed by atoms with Crippen LogP contribution < -0.4 is 21.3 Å². The summed E-state index contributed by atoms with van der Waals surface area (Å²) in [6, 6.07) is 14.1. The second-order valence-corrected chi connectivity index (χ2v) is 11.8. The number of aliphatic carboxylic acids is 1. The maximum atomic E-state index is 13.7. The van der Waals surface area contributed by atoms with E-state index >= 15 is 0 Å². The number of carboxylic acids is 1. The van der Waals surface area contributed by atoms with Gasteiger partial charge in [-0.25, -0.2) is 9.59 Å². The number of carboxylic acid groups (broad SMARTS) is 1. The number of rotatable bonds is 14. The van der Waals surface area contributed by atoms with Crippen LogP contribution in [0.2, 0.25) is 0 Å². The van der Waals surface area contributed by atoms with Crippen LogP contribution >= 0.6 is 0 Å². The Hall–Kier alpha value is -4.45. The second-order valence-electron chi connectivity index (χ2n) is 11.8. The molecule has 4 amide bonds. The highest BCUT2D eigenvalue weighted by Gasteiger charge is 2.36. The standard InChI is InChI=1S/C32H42N4O8/c1-20(44-32(2,3)4)26(36-31(42)43-19-22-13-9-6-10-14-22)29(39)34-24(17-21-11-7-5-8-12-21)28(38)35-25(30(40)41)18-23-15-16-33-27(23)37/h5-14,20,23-26H,15-19H2,1-4H3,(H,33,37)(H,34,39)(H,35,38)(H,36,42)(H,40,41)/t20-,23+,24+,25+,26+/m1/s1. The van der Waals surface area contributed by atoms with Crippen LogP contribution in [0.1, 0.15) is 51.7 Å². The number of hydrogen-bond donors (Lipinski definition) is 5. The zero-order valence-corrected chi connectivity index (χ0v) is 25.5. The molecule has 12 heteroatoms. The molecule has 0 unspecified atom stereocenters. The van der Waals surface area contributed by atoms with Crippen molar-refractivity contribution in [2.75, 3.05) is 6.54 Å². The smallest absolute Gasteiger partial charge is 0.408 e. The van der Waals surface area contributed by atoms with E-state index in [0.29, 0.717) is 18.5 Å². The first-order valence-electron chi connectivity index (χ1n) is 14.6. The number of alkyl carbamates (subject to hydrolysis) is 1. The number of carbonyl (C=O) groups excluding carboxylic acids is 4. The highest BCUT2D eigenvalue weighted by molar-refractivity contribution is 5.93. The topological polar surface area (TPSA) is 172 Å². The molecule has 2 aromatic rings. The van der Waals surface area contributed by atoms with Gasteiger partial charge in [-0.15, -0.1) is 0 Å². The van der Waals surface area contributed by atoms with Gasteiger partial charge in [-0.2, -0.15) is 0 Å². The molecule has 0 saturated carbocycles. The van der Waals surface area contributed by atoms with Gasteiger partial charge < -0.3 is 35.8 Å². The van der Waals surface area contributed by atoms with Gasteiger partial charge >= 0.3 is 12.1 Å². The fourth-order valence-corrected chi connectivity index (χ4v) is 4.88. The van der Waals surface area contributed by atoms with Crippen LogP contribution in [0.3, 0.4) is 0 Å². The molecule has 2 aromatic carbocycles. The minimum atomic E-state index is -1.35. The van der Waals surface area contributed by atoms with Gasteiger partial charge in [0.25, 0.3) is 0 Å². The maximum Gasteiger partial charge on any atom is 0.408 e. The molecular formula is C32H42N4O8. The molecule has 1 fully saturated rings. The monoisotopic (exact) mass is 610 g/mol. The molecule has 12 nitrogen and oxygen atoms in total. The summed E-state index contributed by atoms with van der Waals surface area (Å²) in [6.07, 6.45) is -1.29. The fraction of sp³-hybridized carbons (Fsp3) is 0.469. The number of benzene rings is 2. The third kappa shape index (κ3) is 11.0. The Labute approximate surface area is 257 Å². The van der Waals surface area contributed by atoms with Crippen LogP contribution in [0.25, 0.3) is 0 Å². The highest BCUT2D eigenvalue weighted by Crippen LogP contribution is 2.17. The van der Waals surface area contributed by atoms with Crippen molar-refractivity contribution in [3.8, 4) is 0 Å². The molecule has 0 spiro atoms. The molecule has 0 radical (unpaired) electrons. The Morgan fingerprint density at radius 1 is 0.909 bits per heavy atom. The van der Waals surface area contributed by atoms with Gasteiger partial charge in [0.1, 0.15) is 24.7 Å². The van der Waals surface area contributed by atoms with E-state index < -0.39 is 59.6 Å². The molecule has 0 bridgehead atoms. The van der Waals surface area contributed by atoms with E-state index in [1.165, 1.54) is 0 Å². The van der Waals surface area contributed by atoms with E-state index in [2.05, 4.69) is 21.3 Å². The molecular weight excluding hydrogens is 568 g/mol. The zero-order chi connectivity index (χ0) is 32.3. The molecule has 1 aliphatic heterocycles. The van der Waals surface area contributed by atoms with Crippen molar-refractivity contribution < 1.29 is 38.6 Å². The highest BCUT2D eigenvalue weighted by atomic mass is 16.6. The predicted octanol–water partition coefficient (Wildman–Crippen LogP) is 2.31. The normalized spacial score (nSPS) is 17.4. The van der Waals surface area contributed by atoms with E-state index in [1.807, 2.05) is 6.07 Å². The van der Waals surface area contributed by atoms with Crippen molar-refractivity contribution >= 4 is 29.8 Å². The first-order valence-corrected chi connectivity index (χ1v) is 14.6. The third-order valence-electron chi connectivity index (χ3n) is 6.99. The fourth-order valence-electron chi connectivity index (χ4n) is 4.88. The van der Waals surface area contributed by atoms with E-state index in [-0.39, 0.29) is 25.4 Å². The second kappa shape index (κ2) is 15.9. The average molecular weight is 611 g/mol. The number of carbonyl (C=O) groups is 5. The Morgan fingerprint density at radius 2 is 1.50 bits per heavy atom. The van der Waals surface area contributed by atoms with Gasteiger partial charge in [0.2, 0.25) is 17.7 Å². The lowest BCUT2D eigenvalue weighted by molar-refractivity contribution is -0.143. The van der Waals surface area contributed by atoms with Crippen LogP contribution in [0, 0.1) is 5.92 Å². The van der Waals surface area contributed by atoms with E-state index in [9.17, 15) is 29.1 Å². The van der Waals surface area contributed by atoms with E-state index in [1.54, 1.807) is 82.3 Å². The number of ether oxygens (including phenoxy) is 2. The van der Waals surface area contributed by atoms with Gasteiger partial charge in [0.15, 0.2) is 0 Å². The third-order valence-corrected chi connectivity index (χ3v) is 6.99. The van der Waals surface area contributed by atoms with E-state index in [4.69, 9.17) is 9.47 Å². The summed E-state index contributed by atoms with van der Waals surface area (Å²) in [5.74, 6) is -3.58. The molecule has 1 heterocycles. The lowest BCUT2D eigenvalue weighted by Crippen LogP contribution is -2.59. The van der Waals surface area contributed by atoms with Crippen LogP contribution in [0.5, 0.6) is 0 Å². The molecule has 0 aromatic heterocycles. The van der Waals surface area contributed by atoms with E-state index in [0.717, 1.165) is 5.56 Å². The molecule has 5 atom stereocenters. The maximum absolute atomic E-state index is 13.7. The summed E-state index contributed by atoms with van der Waals surface area (Å²) in [7, 11) is 0. The minimum Gasteiger partial charge on any atom is -0.480 e. The Kier molecular flexibility index (Phi) is 12.3. The van der Waals surface area contributed by atoms with Crippen LogP contribution in [0.15, 0.2) is 60.7 Å². The summed E-state index contributed by atoms with van der Waals surface area (Å²) in [4.78, 5) is 64.1. The molecule has 44 heavy (non-hydrogen) atoms.